The molecule has 0 radical (unpaired) electrons. The maximum absolute atomic E-state index is 14.8. The van der Waals surface area contributed by atoms with Gasteiger partial charge in [-0.15, -0.1) is 11.6 Å². The van der Waals surface area contributed by atoms with Crippen molar-refractivity contribution in [1.82, 2.24) is 4.90 Å². The monoisotopic (exact) mass is 581 g/mol. The predicted molar refractivity (Wildman–Crippen MR) is 154 cm³/mol. The molecule has 41 heavy (non-hydrogen) atoms. The van der Waals surface area contributed by atoms with Crippen LogP contribution in [0, 0.1) is 0 Å². The highest BCUT2D eigenvalue weighted by molar-refractivity contribution is 6.26. The van der Waals surface area contributed by atoms with Crippen LogP contribution in [0.2, 0.25) is 0 Å². The van der Waals surface area contributed by atoms with Crippen LogP contribution in [0.4, 0.5) is 13.2 Å². The van der Waals surface area contributed by atoms with Gasteiger partial charge in [0.15, 0.2) is 0 Å². The van der Waals surface area contributed by atoms with Crippen molar-refractivity contribution in [2.24, 2.45) is 0 Å². The van der Waals surface area contributed by atoms with Crippen molar-refractivity contribution in [2.75, 3.05) is 19.7 Å². The van der Waals surface area contributed by atoms with Gasteiger partial charge in [0.1, 0.15) is 16.7 Å². The highest BCUT2D eigenvalue weighted by Gasteiger charge is 2.47. The van der Waals surface area contributed by atoms with Crippen molar-refractivity contribution in [1.29, 1.82) is 0 Å². The van der Waals surface area contributed by atoms with E-state index in [-0.39, 0.29) is 38.1 Å². The number of carbonyl (C=O) groups is 1. The lowest BCUT2D eigenvalue weighted by Crippen LogP contribution is -2.46. The Morgan fingerprint density at radius 1 is 0.829 bits per heavy atom. The third-order valence-corrected chi connectivity index (χ3v) is 7.34. The van der Waals surface area contributed by atoms with Crippen LogP contribution in [0.15, 0.2) is 115 Å². The number of carboxylic acids is 1. The number of benzene rings is 4. The molecule has 4 aromatic carbocycles. The van der Waals surface area contributed by atoms with Crippen LogP contribution >= 0.6 is 11.6 Å². The maximum atomic E-state index is 14.8. The van der Waals surface area contributed by atoms with Crippen LogP contribution in [0.5, 0.6) is 5.75 Å². The second-order valence-corrected chi connectivity index (χ2v) is 10.4. The number of alkyl halides is 4. The van der Waals surface area contributed by atoms with Crippen molar-refractivity contribution < 1.29 is 27.8 Å². The van der Waals surface area contributed by atoms with E-state index >= 15 is 0 Å². The number of nitrogens with zero attached hydrogens (tertiary/aromatic N) is 1. The molecule has 8 heteroatoms. The summed E-state index contributed by atoms with van der Waals surface area (Å²) in [4.78, 5) is 11.2. The van der Waals surface area contributed by atoms with Gasteiger partial charge in [0.05, 0.1) is 13.0 Å². The van der Waals surface area contributed by atoms with E-state index in [9.17, 15) is 18.0 Å². The molecule has 0 heterocycles. The zero-order chi connectivity index (χ0) is 29.3. The molecule has 4 nitrogen and oxygen atoms in total. The molecule has 0 saturated carbocycles. The molecular formula is C33H31ClF3NO3. The quantitative estimate of drug-likeness (QED) is 0.129. The van der Waals surface area contributed by atoms with E-state index in [1.807, 2.05) is 60.7 Å². The first-order chi connectivity index (χ1) is 19.7. The van der Waals surface area contributed by atoms with Gasteiger partial charge in [-0.3, -0.25) is 9.69 Å². The first kappa shape index (κ1) is 30.2. The normalized spacial score (nSPS) is 12.7. The number of hydrogen-bond donors (Lipinski definition) is 1. The van der Waals surface area contributed by atoms with Crippen LogP contribution in [0.25, 0.3) is 0 Å². The van der Waals surface area contributed by atoms with E-state index in [2.05, 4.69) is 0 Å². The Morgan fingerprint density at radius 2 is 1.39 bits per heavy atom. The molecule has 0 aliphatic heterocycles. The topological polar surface area (TPSA) is 49.8 Å². The van der Waals surface area contributed by atoms with Crippen LogP contribution < -0.4 is 4.74 Å². The molecule has 0 fully saturated rings. The molecule has 1 atom stereocenters. The molecule has 4 aromatic rings. The molecule has 0 spiro atoms. The largest absolute Gasteiger partial charge is 0.494 e. The fraction of sp³-hybridized carbons (Fsp3) is 0.242. The molecule has 0 aliphatic rings. The molecule has 0 saturated heterocycles. The van der Waals surface area contributed by atoms with Crippen LogP contribution in [-0.2, 0) is 16.1 Å². The lowest BCUT2D eigenvalue weighted by molar-refractivity contribution is -0.187. The fourth-order valence-electron chi connectivity index (χ4n) is 4.95. The Labute approximate surface area is 243 Å². The highest BCUT2D eigenvalue weighted by atomic mass is 35.5. The van der Waals surface area contributed by atoms with E-state index in [0.29, 0.717) is 22.4 Å². The summed E-state index contributed by atoms with van der Waals surface area (Å²) in [5.74, 6) is -0.496. The van der Waals surface area contributed by atoms with Gasteiger partial charge in [0.2, 0.25) is 0 Å². The molecule has 1 unspecified atom stereocenters. The number of hydrogen-bond acceptors (Lipinski definition) is 3. The van der Waals surface area contributed by atoms with Crippen LogP contribution in [-0.4, -0.2) is 41.8 Å². The molecule has 214 valence electrons. The van der Waals surface area contributed by atoms with Crippen molar-refractivity contribution in [3.05, 3.63) is 138 Å². The first-order valence-electron chi connectivity index (χ1n) is 13.3. The average Bonchev–Trinajstić information content (AvgIpc) is 2.96. The third kappa shape index (κ3) is 8.12. The Kier molecular flexibility index (Phi) is 10.1. The minimum absolute atomic E-state index is 0.0437. The Balaban J connectivity index is 1.64. The van der Waals surface area contributed by atoms with Crippen LogP contribution in [0.3, 0.4) is 0 Å². The first-order valence-corrected chi connectivity index (χ1v) is 13.6. The number of ether oxygens (including phenoxy) is 1. The van der Waals surface area contributed by atoms with Gasteiger partial charge in [0.25, 0.3) is 0 Å². The lowest BCUT2D eigenvalue weighted by atomic mass is 9.88. The van der Waals surface area contributed by atoms with E-state index in [0.717, 1.165) is 0 Å². The summed E-state index contributed by atoms with van der Waals surface area (Å²) in [6.45, 7) is 0.0656. The fourth-order valence-corrected chi connectivity index (χ4v) is 5.36. The van der Waals surface area contributed by atoms with E-state index in [1.165, 1.54) is 17.0 Å². The third-order valence-electron chi connectivity index (χ3n) is 6.79. The van der Waals surface area contributed by atoms with Gasteiger partial charge in [0, 0.05) is 13.1 Å². The molecule has 0 aliphatic carbocycles. The molecule has 0 amide bonds. The van der Waals surface area contributed by atoms with Gasteiger partial charge in [-0.05, 0) is 40.8 Å². The van der Waals surface area contributed by atoms with Crippen molar-refractivity contribution in [2.45, 2.75) is 29.9 Å². The Morgan fingerprint density at radius 3 is 1.93 bits per heavy atom. The van der Waals surface area contributed by atoms with Gasteiger partial charge in [-0.2, -0.15) is 13.2 Å². The summed E-state index contributed by atoms with van der Waals surface area (Å²) in [5, 5.41) is 9.05. The Bertz CT molecular complexity index is 1350. The van der Waals surface area contributed by atoms with E-state index in [4.69, 9.17) is 21.4 Å². The number of aliphatic carboxylic acids is 1. The zero-order valence-corrected chi connectivity index (χ0v) is 23.1. The maximum Gasteiger partial charge on any atom is 0.408 e. The highest BCUT2D eigenvalue weighted by Crippen LogP contribution is 2.43. The molecule has 4 rings (SSSR count). The SMILES string of the molecule is O=C(O)Cc1cccc(OCCCN(CC(Cl)(c2ccccc2)c2ccccc2)C(c2ccccc2)C(F)(F)F)c1. The summed E-state index contributed by atoms with van der Waals surface area (Å²) < 4.78 is 50.2. The standard InChI is InChI=1S/C33H31ClF3NO3/c34-32(27-15-6-2-7-16-27,28-17-8-3-9-18-28)24-38(31(33(35,36)37)26-13-4-1-5-14-26)20-11-21-41-29-19-10-12-25(22-29)23-30(39)40/h1-10,12-19,22,31H,11,20-21,23-24H2,(H,39,40). The van der Waals surface area contributed by atoms with Gasteiger partial charge >= 0.3 is 12.1 Å². The summed E-state index contributed by atoms with van der Waals surface area (Å²) in [7, 11) is 0. The van der Waals surface area contributed by atoms with Crippen molar-refractivity contribution in [3.63, 3.8) is 0 Å². The van der Waals surface area contributed by atoms with Gasteiger partial charge in [-0.25, -0.2) is 0 Å². The minimum atomic E-state index is -4.57. The summed E-state index contributed by atoms with van der Waals surface area (Å²) in [6.07, 6.45) is -4.44. The van der Waals surface area contributed by atoms with Gasteiger partial charge in [-0.1, -0.05) is 103 Å². The van der Waals surface area contributed by atoms with Crippen LogP contribution in [0.1, 0.15) is 34.7 Å². The summed E-state index contributed by atoms with van der Waals surface area (Å²) >= 11 is 7.35. The minimum Gasteiger partial charge on any atom is -0.494 e. The zero-order valence-electron chi connectivity index (χ0n) is 22.3. The molecule has 1 N–H and O–H groups in total. The number of rotatable bonds is 13. The summed E-state index contributed by atoms with van der Waals surface area (Å²) in [5.41, 5.74) is 2.09. The molecule has 0 bridgehead atoms. The van der Waals surface area contributed by atoms with Crippen molar-refractivity contribution >= 4 is 17.6 Å². The second-order valence-electron chi connectivity index (χ2n) is 9.78. The van der Waals surface area contributed by atoms with E-state index < -0.39 is 23.1 Å². The Hall–Kier alpha value is -3.81. The lowest BCUT2D eigenvalue weighted by Gasteiger charge is -2.40. The molecular weight excluding hydrogens is 551 g/mol. The predicted octanol–water partition coefficient (Wildman–Crippen LogP) is 7.87. The second kappa shape index (κ2) is 13.7. The molecule has 0 aromatic heterocycles. The van der Waals surface area contributed by atoms with Gasteiger partial charge < -0.3 is 9.84 Å². The van der Waals surface area contributed by atoms with Crippen molar-refractivity contribution in [3.8, 4) is 5.75 Å². The average molecular weight is 582 g/mol. The number of halogens is 4. The number of carboxylic acid groups (broad SMARTS) is 1. The summed E-state index contributed by atoms with van der Waals surface area (Å²) in [6, 6.07) is 31.0. The van der Waals surface area contributed by atoms with E-state index in [1.54, 1.807) is 42.5 Å². The smallest absolute Gasteiger partial charge is 0.408 e.